The lowest BCUT2D eigenvalue weighted by atomic mass is 10.1. The van der Waals surface area contributed by atoms with Crippen molar-refractivity contribution in [2.45, 2.75) is 57.7 Å². The molecule has 0 aromatic heterocycles. The van der Waals surface area contributed by atoms with Gasteiger partial charge >= 0.3 is 29.7 Å². The maximum atomic E-state index is 13.7. The predicted octanol–water partition coefficient (Wildman–Crippen LogP) is 5.55. The van der Waals surface area contributed by atoms with Crippen molar-refractivity contribution in [2.24, 2.45) is 0 Å². The van der Waals surface area contributed by atoms with Crippen LogP contribution in [-0.4, -0.2) is 59.9 Å². The van der Waals surface area contributed by atoms with E-state index in [1.807, 2.05) is 6.92 Å². The Kier molecular flexibility index (Phi) is 11.9. The molecule has 4 aromatic carbocycles. The van der Waals surface area contributed by atoms with Crippen molar-refractivity contribution in [1.29, 1.82) is 0 Å². The van der Waals surface area contributed by atoms with Crippen LogP contribution in [0.2, 0.25) is 5.02 Å². The molecule has 2 N–H and O–H groups in total. The predicted molar refractivity (Wildman–Crippen MR) is 183 cm³/mol. The van der Waals surface area contributed by atoms with Crippen LogP contribution in [-0.2, 0) is 35.0 Å². The van der Waals surface area contributed by atoms with Gasteiger partial charge in [-0.1, -0.05) is 66.2 Å². The number of esters is 4. The Morgan fingerprint density at radius 3 is 1.80 bits per heavy atom. The van der Waals surface area contributed by atoms with Crippen LogP contribution < -0.4 is 14.8 Å². The number of carbonyl (C=O) groups is 4. The fourth-order valence-corrected chi connectivity index (χ4v) is 5.28. The number of halogens is 1. The molecular formula is C38H36ClNO11. The lowest BCUT2D eigenvalue weighted by Gasteiger charge is -2.26. The minimum atomic E-state index is -2.84. The molecule has 5 rings (SSSR count). The summed E-state index contributed by atoms with van der Waals surface area (Å²) in [5.41, 5.74) is 1.83. The first kappa shape index (κ1) is 36.8. The lowest BCUT2D eigenvalue weighted by Crippen LogP contribution is -2.57. The van der Waals surface area contributed by atoms with Gasteiger partial charge in [0.1, 0.15) is 0 Å². The molecule has 0 saturated heterocycles. The lowest BCUT2D eigenvalue weighted by molar-refractivity contribution is -0.222. The number of benzene rings is 4. The van der Waals surface area contributed by atoms with E-state index in [0.717, 1.165) is 5.56 Å². The number of hydrogen-bond donors (Lipinski definition) is 2. The zero-order valence-corrected chi connectivity index (χ0v) is 28.7. The Morgan fingerprint density at radius 2 is 1.25 bits per heavy atom. The molecule has 0 saturated carbocycles. The first-order valence-corrected chi connectivity index (χ1v) is 16.4. The average Bonchev–Trinajstić information content (AvgIpc) is 3.52. The molecule has 0 spiro atoms. The monoisotopic (exact) mass is 717 g/mol. The second kappa shape index (κ2) is 16.5. The highest BCUT2D eigenvalue weighted by Crippen LogP contribution is 2.42. The summed E-state index contributed by atoms with van der Waals surface area (Å²) in [5, 5.41) is 14.4. The fraction of sp³-hybridized carbons (Fsp3) is 0.263. The molecule has 0 bridgehead atoms. The summed E-state index contributed by atoms with van der Waals surface area (Å²) in [7, 11) is 0. The molecule has 1 aliphatic rings. The first-order chi connectivity index (χ1) is 24.4. The van der Waals surface area contributed by atoms with Crippen molar-refractivity contribution in [3.63, 3.8) is 0 Å². The third-order valence-electron chi connectivity index (χ3n) is 7.60. The van der Waals surface area contributed by atoms with Crippen molar-refractivity contribution < 1.29 is 52.7 Å². The highest BCUT2D eigenvalue weighted by Gasteiger charge is 2.61. The van der Waals surface area contributed by atoms with Gasteiger partial charge < -0.3 is 38.8 Å². The van der Waals surface area contributed by atoms with Crippen LogP contribution >= 0.6 is 11.6 Å². The molecule has 1 heterocycles. The summed E-state index contributed by atoms with van der Waals surface area (Å²) >= 11 is 6.05. The van der Waals surface area contributed by atoms with E-state index in [1.165, 1.54) is 44.2 Å². The molecule has 266 valence electrons. The van der Waals surface area contributed by atoms with Gasteiger partial charge in [-0.3, -0.25) is 0 Å². The summed E-state index contributed by atoms with van der Waals surface area (Å²) in [6.07, 6.45) is -3.29. The second-order valence-electron chi connectivity index (χ2n) is 11.7. The highest BCUT2D eigenvalue weighted by molar-refractivity contribution is 6.30. The molecule has 2 unspecified atom stereocenters. The normalized spacial score (nSPS) is 17.0. The van der Waals surface area contributed by atoms with Crippen LogP contribution in [0, 0.1) is 0 Å². The fourth-order valence-electron chi connectivity index (χ4n) is 5.09. The van der Waals surface area contributed by atoms with Crippen molar-refractivity contribution >= 4 is 35.5 Å². The molecule has 12 nitrogen and oxygen atoms in total. The largest absolute Gasteiger partial charge is 0.453 e. The molecule has 0 fully saturated rings. The molecule has 4 aromatic rings. The third-order valence-corrected chi connectivity index (χ3v) is 7.83. The van der Waals surface area contributed by atoms with Gasteiger partial charge in [-0.15, -0.1) is 0 Å². The minimum Gasteiger partial charge on any atom is -0.431 e. The third kappa shape index (κ3) is 9.43. The Hall–Kier alpha value is -5.43. The van der Waals surface area contributed by atoms with Gasteiger partial charge in [0.25, 0.3) is 0 Å². The quantitative estimate of drug-likeness (QED) is 0.0954. The summed E-state index contributed by atoms with van der Waals surface area (Å²) in [4.78, 5) is 52.5. The van der Waals surface area contributed by atoms with Crippen LogP contribution in [0.25, 0.3) is 0 Å². The van der Waals surface area contributed by atoms with Crippen molar-refractivity contribution in [3.8, 4) is 11.5 Å². The van der Waals surface area contributed by atoms with Crippen molar-refractivity contribution in [2.75, 3.05) is 6.54 Å². The Morgan fingerprint density at radius 1 is 0.706 bits per heavy atom. The molecule has 0 aliphatic carbocycles. The number of hydrogen-bond acceptors (Lipinski definition) is 12. The Balaban J connectivity index is 1.29. The van der Waals surface area contributed by atoms with E-state index in [-0.39, 0.29) is 35.2 Å². The van der Waals surface area contributed by atoms with Crippen LogP contribution in [0.1, 0.15) is 58.7 Å². The standard InChI is InChI=1S/C38H36ClNO11/c1-23(40-22-31(41)29-15-10-16-30(39)21-29)19-26-17-18-32-33(20-26)51-38(50-32,36(44)48-24(2)46-34(42)27-11-6-4-7-12-27)37(45)49-25(3)47-35(43)28-13-8-5-9-14-28/h4-18,20-21,23-25,31,40-41H,19,22H2,1-3H3/t23-,24?,25?,31+,38?/m1/s1. The SMILES string of the molecule is CC(OC(=O)c1ccccc1)OC(=O)C1(C(=O)OC(C)OC(=O)c2ccccc2)Oc2ccc(C[C@@H](C)NC[C@H](O)c3cccc(Cl)c3)cc2O1. The van der Waals surface area contributed by atoms with Gasteiger partial charge in [0.15, 0.2) is 11.5 Å². The summed E-state index contributed by atoms with van der Waals surface area (Å²) in [6.45, 7) is 4.73. The molecule has 51 heavy (non-hydrogen) atoms. The van der Waals surface area contributed by atoms with E-state index in [1.54, 1.807) is 72.8 Å². The number of aliphatic hydroxyl groups excluding tert-OH is 1. The Labute approximate surface area is 299 Å². The van der Waals surface area contributed by atoms with Gasteiger partial charge in [-0.2, -0.15) is 0 Å². The maximum Gasteiger partial charge on any atom is 0.453 e. The van der Waals surface area contributed by atoms with E-state index >= 15 is 0 Å². The van der Waals surface area contributed by atoms with Gasteiger partial charge in [0.05, 0.1) is 17.2 Å². The van der Waals surface area contributed by atoms with Gasteiger partial charge in [0.2, 0.25) is 12.6 Å². The highest BCUT2D eigenvalue weighted by atomic mass is 35.5. The Bertz CT molecular complexity index is 1780. The van der Waals surface area contributed by atoms with Gasteiger partial charge in [-0.05, 0) is 73.0 Å². The zero-order valence-electron chi connectivity index (χ0n) is 27.9. The van der Waals surface area contributed by atoms with E-state index in [0.29, 0.717) is 17.0 Å². The van der Waals surface area contributed by atoms with Crippen molar-refractivity contribution in [1.82, 2.24) is 5.32 Å². The number of fused-ring (bicyclic) bond motifs is 1. The maximum absolute atomic E-state index is 13.7. The number of aliphatic hydroxyl groups is 1. The summed E-state index contributed by atoms with van der Waals surface area (Å²) in [5.74, 6) is -7.12. The topological polar surface area (TPSA) is 156 Å². The molecule has 4 atom stereocenters. The van der Waals surface area contributed by atoms with E-state index in [9.17, 15) is 24.3 Å². The van der Waals surface area contributed by atoms with Crippen LogP contribution in [0.15, 0.2) is 103 Å². The number of rotatable bonds is 14. The average molecular weight is 718 g/mol. The number of ether oxygens (including phenoxy) is 6. The van der Waals surface area contributed by atoms with E-state index < -0.39 is 48.3 Å². The van der Waals surface area contributed by atoms with E-state index in [2.05, 4.69) is 5.32 Å². The van der Waals surface area contributed by atoms with Crippen LogP contribution in [0.5, 0.6) is 11.5 Å². The summed E-state index contributed by atoms with van der Waals surface area (Å²) in [6, 6.07) is 27.7. The van der Waals surface area contributed by atoms with Crippen LogP contribution in [0.4, 0.5) is 0 Å². The molecule has 1 aliphatic heterocycles. The zero-order chi connectivity index (χ0) is 36.5. The number of nitrogens with one attached hydrogen (secondary N) is 1. The first-order valence-electron chi connectivity index (χ1n) is 16.1. The minimum absolute atomic E-state index is 0.0208. The van der Waals surface area contributed by atoms with Gasteiger partial charge in [-0.25, -0.2) is 19.2 Å². The smallest absolute Gasteiger partial charge is 0.431 e. The molecular weight excluding hydrogens is 682 g/mol. The van der Waals surface area contributed by atoms with Crippen molar-refractivity contribution in [3.05, 3.63) is 130 Å². The van der Waals surface area contributed by atoms with Crippen LogP contribution in [0.3, 0.4) is 0 Å². The molecule has 13 heteroatoms. The second-order valence-corrected chi connectivity index (χ2v) is 12.1. The van der Waals surface area contributed by atoms with Gasteiger partial charge in [0, 0.05) is 31.5 Å². The molecule has 0 radical (unpaired) electrons. The number of carbonyl (C=O) groups excluding carboxylic acids is 4. The molecule has 0 amide bonds. The summed E-state index contributed by atoms with van der Waals surface area (Å²) < 4.78 is 32.8. The van der Waals surface area contributed by atoms with E-state index in [4.69, 9.17) is 40.0 Å².